The summed E-state index contributed by atoms with van der Waals surface area (Å²) in [5, 5.41) is 6.21. The molecular weight excluding hydrogens is 404 g/mol. The van der Waals surface area contributed by atoms with Crippen LogP contribution in [-0.4, -0.2) is 23.6 Å². The first-order valence-corrected chi connectivity index (χ1v) is 12.3. The van der Waals surface area contributed by atoms with Crippen molar-refractivity contribution in [3.05, 3.63) is 65.2 Å². The highest BCUT2D eigenvalue weighted by Gasteiger charge is 2.42. The second-order valence-corrected chi connectivity index (χ2v) is 10.2. The van der Waals surface area contributed by atoms with Crippen LogP contribution in [0.5, 0.6) is 0 Å². The van der Waals surface area contributed by atoms with Crippen LogP contribution in [-0.2, 0) is 11.3 Å². The predicted molar refractivity (Wildman–Crippen MR) is 126 cm³/mol. The molecule has 0 aromatic heterocycles. The second-order valence-electron chi connectivity index (χ2n) is 9.15. The number of carbonyl (C=O) groups excluding carboxylic acids is 2. The second kappa shape index (κ2) is 9.90. The zero-order valence-electron chi connectivity index (χ0n) is 18.4. The summed E-state index contributed by atoms with van der Waals surface area (Å²) < 4.78 is 0. The molecule has 2 amide bonds. The molecule has 0 radical (unpaired) electrons. The summed E-state index contributed by atoms with van der Waals surface area (Å²) in [5.41, 5.74) is 2.89. The maximum Gasteiger partial charge on any atom is 0.252 e. The molecule has 164 valence electrons. The predicted octanol–water partition coefficient (Wildman–Crippen LogP) is 4.96. The van der Waals surface area contributed by atoms with Crippen LogP contribution in [0.1, 0.15) is 54.1 Å². The van der Waals surface area contributed by atoms with Gasteiger partial charge in [-0.25, -0.2) is 0 Å². The Balaban J connectivity index is 1.29. The van der Waals surface area contributed by atoms with E-state index in [4.69, 9.17) is 0 Å². The van der Waals surface area contributed by atoms with E-state index in [1.54, 1.807) is 0 Å². The fraction of sp³-hybridized carbons (Fsp3) is 0.462. The molecule has 0 heterocycles. The smallest absolute Gasteiger partial charge is 0.252 e. The number of hydrogen-bond acceptors (Lipinski definition) is 3. The first-order chi connectivity index (χ1) is 15.0. The molecule has 5 heteroatoms. The van der Waals surface area contributed by atoms with E-state index in [1.807, 2.05) is 55.5 Å². The van der Waals surface area contributed by atoms with E-state index in [1.165, 1.54) is 43.0 Å². The van der Waals surface area contributed by atoms with Crippen LogP contribution in [0.25, 0.3) is 0 Å². The topological polar surface area (TPSA) is 58.2 Å². The first kappa shape index (κ1) is 21.9. The Labute approximate surface area is 189 Å². The summed E-state index contributed by atoms with van der Waals surface area (Å²) in [6.45, 7) is 4.69. The Morgan fingerprint density at radius 1 is 1.06 bits per heavy atom. The van der Waals surface area contributed by atoms with Gasteiger partial charge in [-0.3, -0.25) is 9.59 Å². The number of amides is 2. The normalized spacial score (nSPS) is 22.8. The number of nitrogens with one attached hydrogen (secondary N) is 2. The van der Waals surface area contributed by atoms with Crippen molar-refractivity contribution in [2.75, 3.05) is 5.75 Å². The van der Waals surface area contributed by atoms with E-state index < -0.39 is 0 Å². The minimum Gasteiger partial charge on any atom is -0.353 e. The van der Waals surface area contributed by atoms with Gasteiger partial charge in [0.25, 0.3) is 5.91 Å². The Morgan fingerprint density at radius 3 is 2.55 bits per heavy atom. The number of carbonyl (C=O) groups is 2. The monoisotopic (exact) mass is 436 g/mol. The molecule has 2 fully saturated rings. The maximum absolute atomic E-state index is 12.8. The zero-order valence-corrected chi connectivity index (χ0v) is 19.2. The number of aryl methyl sites for hydroxylation is 1. The van der Waals surface area contributed by atoms with Crippen LogP contribution in [0.3, 0.4) is 0 Å². The van der Waals surface area contributed by atoms with Crippen molar-refractivity contribution in [2.45, 2.75) is 57.0 Å². The molecule has 2 aliphatic carbocycles. The van der Waals surface area contributed by atoms with Gasteiger partial charge in [-0.15, -0.1) is 11.8 Å². The maximum atomic E-state index is 12.8. The van der Waals surface area contributed by atoms with E-state index in [2.05, 4.69) is 17.6 Å². The fourth-order valence-electron chi connectivity index (χ4n) is 5.22. The van der Waals surface area contributed by atoms with Crippen molar-refractivity contribution < 1.29 is 9.59 Å². The first-order valence-electron chi connectivity index (χ1n) is 11.3. The highest BCUT2D eigenvalue weighted by molar-refractivity contribution is 8.00. The van der Waals surface area contributed by atoms with Crippen molar-refractivity contribution in [3.63, 3.8) is 0 Å². The van der Waals surface area contributed by atoms with Crippen LogP contribution in [0, 0.1) is 24.7 Å². The third kappa shape index (κ3) is 5.51. The Kier molecular flexibility index (Phi) is 7.01. The largest absolute Gasteiger partial charge is 0.353 e. The van der Waals surface area contributed by atoms with Crippen molar-refractivity contribution >= 4 is 23.6 Å². The standard InChI is InChI=1S/C26H32N2O2S/c1-17-7-9-19(10-8-17)15-27-26(30)22-5-3-4-6-24(22)31-16-25(29)28-18(2)23-14-20-11-12-21(23)13-20/h3-10,18,20-21,23H,11-16H2,1-2H3,(H,27,30)(H,28,29)/t18-,20-,21-,23-/m0/s1. The molecule has 2 saturated carbocycles. The van der Waals surface area contributed by atoms with E-state index in [0.717, 1.165) is 22.3 Å². The van der Waals surface area contributed by atoms with Crippen molar-refractivity contribution in [1.29, 1.82) is 0 Å². The summed E-state index contributed by atoms with van der Waals surface area (Å²) in [7, 11) is 0. The van der Waals surface area contributed by atoms with Crippen LogP contribution in [0.4, 0.5) is 0 Å². The van der Waals surface area contributed by atoms with Gasteiger partial charge >= 0.3 is 0 Å². The number of benzene rings is 2. The van der Waals surface area contributed by atoms with Gasteiger partial charge in [0.05, 0.1) is 11.3 Å². The average molecular weight is 437 g/mol. The fourth-order valence-corrected chi connectivity index (χ4v) is 6.08. The lowest BCUT2D eigenvalue weighted by Crippen LogP contribution is -2.40. The average Bonchev–Trinajstić information content (AvgIpc) is 3.41. The van der Waals surface area contributed by atoms with Crippen LogP contribution >= 0.6 is 11.8 Å². The van der Waals surface area contributed by atoms with Crippen molar-refractivity contribution in [1.82, 2.24) is 10.6 Å². The highest BCUT2D eigenvalue weighted by Crippen LogP contribution is 2.49. The molecule has 4 nitrogen and oxygen atoms in total. The molecule has 2 aromatic rings. The van der Waals surface area contributed by atoms with Gasteiger partial charge in [-0.1, -0.05) is 48.4 Å². The number of hydrogen-bond donors (Lipinski definition) is 2. The van der Waals surface area contributed by atoms with Gasteiger partial charge in [-0.2, -0.15) is 0 Å². The Morgan fingerprint density at radius 2 is 1.84 bits per heavy atom. The van der Waals surface area contributed by atoms with E-state index in [-0.39, 0.29) is 17.9 Å². The summed E-state index contributed by atoms with van der Waals surface area (Å²) in [6, 6.07) is 15.9. The van der Waals surface area contributed by atoms with E-state index in [9.17, 15) is 9.59 Å². The highest BCUT2D eigenvalue weighted by atomic mass is 32.2. The van der Waals surface area contributed by atoms with Gasteiger partial charge in [0.2, 0.25) is 5.91 Å². The molecule has 2 aliphatic rings. The van der Waals surface area contributed by atoms with Crippen LogP contribution < -0.4 is 10.6 Å². The Hall–Kier alpha value is -2.27. The lowest BCUT2D eigenvalue weighted by Gasteiger charge is -2.28. The number of rotatable bonds is 8. The SMILES string of the molecule is Cc1ccc(CNC(=O)c2ccccc2SCC(=O)N[C@@H](C)[C@@H]2C[C@H]3CC[C@H]2C3)cc1. The van der Waals surface area contributed by atoms with E-state index in [0.29, 0.717) is 23.8 Å². The molecule has 4 rings (SSSR count). The molecule has 0 unspecified atom stereocenters. The third-order valence-electron chi connectivity index (χ3n) is 6.89. The van der Waals surface area contributed by atoms with Crippen LogP contribution in [0.15, 0.2) is 53.4 Å². The molecule has 31 heavy (non-hydrogen) atoms. The van der Waals surface area contributed by atoms with Crippen molar-refractivity contribution in [2.24, 2.45) is 17.8 Å². The van der Waals surface area contributed by atoms with Gasteiger partial charge in [-0.05, 0) is 68.6 Å². The molecule has 0 saturated heterocycles. The summed E-state index contributed by atoms with van der Waals surface area (Å²) in [5.74, 6) is 2.58. The molecule has 0 spiro atoms. The van der Waals surface area contributed by atoms with E-state index >= 15 is 0 Å². The molecular formula is C26H32N2O2S. The zero-order chi connectivity index (χ0) is 21.8. The van der Waals surface area contributed by atoms with Crippen molar-refractivity contribution in [3.8, 4) is 0 Å². The number of fused-ring (bicyclic) bond motifs is 2. The quantitative estimate of drug-likeness (QED) is 0.575. The number of thioether (sulfide) groups is 1. The van der Waals surface area contributed by atoms with Gasteiger partial charge < -0.3 is 10.6 Å². The van der Waals surface area contributed by atoms with Crippen LogP contribution in [0.2, 0.25) is 0 Å². The molecule has 2 N–H and O–H groups in total. The minimum atomic E-state index is -0.112. The molecule has 0 aliphatic heterocycles. The molecule has 4 atom stereocenters. The van der Waals surface area contributed by atoms with Gasteiger partial charge in [0.1, 0.15) is 0 Å². The minimum absolute atomic E-state index is 0.0511. The summed E-state index contributed by atoms with van der Waals surface area (Å²) in [6.07, 6.45) is 5.32. The third-order valence-corrected chi connectivity index (χ3v) is 7.96. The lowest BCUT2D eigenvalue weighted by molar-refractivity contribution is -0.119. The Bertz CT molecular complexity index is 927. The van der Waals surface area contributed by atoms with Gasteiger partial charge in [0, 0.05) is 17.5 Å². The molecule has 2 aromatic carbocycles. The summed E-state index contributed by atoms with van der Waals surface area (Å²) >= 11 is 1.43. The lowest BCUT2D eigenvalue weighted by atomic mass is 9.84. The van der Waals surface area contributed by atoms with Gasteiger partial charge in [0.15, 0.2) is 0 Å². The summed E-state index contributed by atoms with van der Waals surface area (Å²) in [4.78, 5) is 26.2. The molecule has 2 bridgehead atoms.